The Morgan fingerprint density at radius 1 is 1.02 bits per heavy atom. The summed E-state index contributed by atoms with van der Waals surface area (Å²) in [5, 5.41) is 13.2. The van der Waals surface area contributed by atoms with E-state index in [0.29, 0.717) is 49.3 Å². The summed E-state index contributed by atoms with van der Waals surface area (Å²) in [5.41, 5.74) is 1.17. The number of aliphatic hydroxyl groups is 1. The van der Waals surface area contributed by atoms with Crippen LogP contribution in [0.3, 0.4) is 0 Å². The largest absolute Gasteiger partial charge is 0.471 e. The van der Waals surface area contributed by atoms with Crippen molar-refractivity contribution in [2.45, 2.75) is 43.8 Å². The summed E-state index contributed by atoms with van der Waals surface area (Å²) in [5.74, 6) is -3.00. The van der Waals surface area contributed by atoms with Gasteiger partial charge in [-0.15, -0.1) is 0 Å². The van der Waals surface area contributed by atoms with Gasteiger partial charge in [0.2, 0.25) is 5.91 Å². The molecule has 2 aromatic heterocycles. The molecule has 2 aliphatic heterocycles. The van der Waals surface area contributed by atoms with Gasteiger partial charge in [-0.1, -0.05) is 11.2 Å². The molecule has 4 heterocycles. The Morgan fingerprint density at radius 2 is 1.80 bits per heavy atom. The number of benzene rings is 2. The molecule has 2 saturated heterocycles. The molecular formula is C27H23F5N6O3. The van der Waals surface area contributed by atoms with Crippen LogP contribution in [0.4, 0.5) is 33.5 Å². The van der Waals surface area contributed by atoms with Crippen molar-refractivity contribution in [2.75, 3.05) is 29.5 Å². The molecule has 14 heteroatoms. The van der Waals surface area contributed by atoms with E-state index in [-0.39, 0.29) is 47.3 Å². The van der Waals surface area contributed by atoms with E-state index in [9.17, 15) is 23.1 Å². The van der Waals surface area contributed by atoms with Gasteiger partial charge in [0.15, 0.2) is 5.82 Å². The van der Waals surface area contributed by atoms with E-state index >= 15 is 8.78 Å². The van der Waals surface area contributed by atoms with Crippen molar-refractivity contribution < 1.29 is 36.4 Å². The number of piperidine rings is 1. The fraction of sp³-hybridized carbons (Fsp3) is 0.370. The van der Waals surface area contributed by atoms with Gasteiger partial charge in [0, 0.05) is 31.0 Å². The first-order valence-electron chi connectivity index (χ1n) is 13.0. The number of alkyl halides is 3. The zero-order valence-electron chi connectivity index (χ0n) is 21.4. The molecule has 0 radical (unpaired) electrons. The topological polar surface area (TPSA) is 108 Å². The van der Waals surface area contributed by atoms with E-state index in [1.807, 2.05) is 4.90 Å². The molecule has 2 aromatic carbocycles. The summed E-state index contributed by atoms with van der Waals surface area (Å²) in [4.78, 5) is 27.5. The van der Waals surface area contributed by atoms with Gasteiger partial charge in [-0.25, -0.2) is 18.7 Å². The molecule has 1 amide bonds. The maximum absolute atomic E-state index is 15.3. The number of anilines is 2. The first kappa shape index (κ1) is 27.0. The standard InChI is InChI=1S/C27H23F5N6O3/c28-18-4-3-17(15-1-5-20(19(29)11-15)38-16(12-39)2-6-21(38)40)23-22(18)25(34-13-33-23)37-9-7-14(8-10-37)24-35-26(41-36-24)27(30,31)32/h1,3-5,11,13-14,16,39H,2,6-10,12H2/t16-/m0/s1. The third kappa shape index (κ3) is 4.85. The van der Waals surface area contributed by atoms with Crippen LogP contribution in [0, 0.1) is 11.6 Å². The van der Waals surface area contributed by atoms with Crippen molar-refractivity contribution in [1.29, 1.82) is 0 Å². The van der Waals surface area contributed by atoms with Crippen LogP contribution < -0.4 is 9.80 Å². The number of carbonyl (C=O) groups is 1. The zero-order valence-corrected chi connectivity index (χ0v) is 21.4. The van der Waals surface area contributed by atoms with Crippen LogP contribution in [-0.4, -0.2) is 56.9 Å². The van der Waals surface area contributed by atoms with Gasteiger partial charge in [-0.05, 0) is 49.1 Å². The van der Waals surface area contributed by atoms with E-state index in [1.54, 1.807) is 6.07 Å². The lowest BCUT2D eigenvalue weighted by Crippen LogP contribution is -2.35. The molecule has 214 valence electrons. The quantitative estimate of drug-likeness (QED) is 0.337. The molecule has 1 atom stereocenters. The van der Waals surface area contributed by atoms with Crippen molar-refractivity contribution in [2.24, 2.45) is 0 Å². The number of carbonyl (C=O) groups excluding carboxylic acids is 1. The third-order valence-electron chi connectivity index (χ3n) is 7.62. The number of hydrogen-bond donors (Lipinski definition) is 1. The zero-order chi connectivity index (χ0) is 28.9. The van der Waals surface area contributed by atoms with E-state index in [0.717, 1.165) is 0 Å². The number of nitrogens with zero attached hydrogens (tertiary/aromatic N) is 6. The van der Waals surface area contributed by atoms with Gasteiger partial charge in [0.1, 0.15) is 23.8 Å². The van der Waals surface area contributed by atoms with Crippen LogP contribution in [0.25, 0.3) is 22.0 Å². The van der Waals surface area contributed by atoms with Crippen LogP contribution in [0.1, 0.15) is 43.3 Å². The Bertz CT molecular complexity index is 1620. The highest BCUT2D eigenvalue weighted by molar-refractivity contribution is 6.00. The lowest BCUT2D eigenvalue weighted by molar-refractivity contribution is -0.159. The second-order valence-corrected chi connectivity index (χ2v) is 10.0. The van der Waals surface area contributed by atoms with Gasteiger partial charge in [-0.3, -0.25) is 4.79 Å². The fourth-order valence-corrected chi connectivity index (χ4v) is 5.57. The van der Waals surface area contributed by atoms with E-state index < -0.39 is 29.7 Å². The smallest absolute Gasteiger partial charge is 0.394 e. The molecule has 4 aromatic rings. The van der Waals surface area contributed by atoms with Crippen LogP contribution in [0.2, 0.25) is 0 Å². The van der Waals surface area contributed by atoms with Crippen molar-refractivity contribution in [3.63, 3.8) is 0 Å². The number of aromatic nitrogens is 4. The Morgan fingerprint density at radius 3 is 2.49 bits per heavy atom. The lowest BCUT2D eigenvalue weighted by atomic mass is 9.95. The number of rotatable bonds is 5. The second kappa shape index (κ2) is 10.3. The average molecular weight is 575 g/mol. The Hall–Kier alpha value is -4.20. The Balaban J connectivity index is 1.29. The summed E-state index contributed by atoms with van der Waals surface area (Å²) in [6.07, 6.45) is -2.02. The average Bonchev–Trinajstić information content (AvgIpc) is 3.61. The number of aliphatic hydroxyl groups excluding tert-OH is 1. The molecule has 1 N–H and O–H groups in total. The number of fused-ring (bicyclic) bond motifs is 1. The summed E-state index contributed by atoms with van der Waals surface area (Å²) in [6, 6.07) is 6.55. The number of amides is 1. The minimum atomic E-state index is -4.72. The molecule has 0 aliphatic carbocycles. The Labute approximate surface area is 229 Å². The minimum Gasteiger partial charge on any atom is -0.394 e. The number of halogens is 5. The van der Waals surface area contributed by atoms with Gasteiger partial charge >= 0.3 is 12.1 Å². The van der Waals surface area contributed by atoms with Crippen LogP contribution in [-0.2, 0) is 11.0 Å². The molecule has 2 fully saturated rings. The number of hydrogen-bond acceptors (Lipinski definition) is 8. The normalized spacial score (nSPS) is 18.6. The molecule has 2 aliphatic rings. The maximum atomic E-state index is 15.3. The first-order valence-corrected chi connectivity index (χ1v) is 13.0. The highest BCUT2D eigenvalue weighted by Crippen LogP contribution is 2.38. The molecule has 6 rings (SSSR count). The van der Waals surface area contributed by atoms with Crippen LogP contribution >= 0.6 is 0 Å². The van der Waals surface area contributed by atoms with Crippen LogP contribution in [0.5, 0.6) is 0 Å². The molecular weight excluding hydrogens is 551 g/mol. The fourth-order valence-electron chi connectivity index (χ4n) is 5.57. The van der Waals surface area contributed by atoms with E-state index in [2.05, 4.69) is 24.6 Å². The minimum absolute atomic E-state index is 0.0237. The van der Waals surface area contributed by atoms with Crippen molar-refractivity contribution >= 4 is 28.3 Å². The lowest BCUT2D eigenvalue weighted by Gasteiger charge is -2.32. The predicted octanol–water partition coefficient (Wildman–Crippen LogP) is 4.85. The Kier molecular flexibility index (Phi) is 6.80. The summed E-state index contributed by atoms with van der Waals surface area (Å²) in [6.45, 7) is 0.404. The maximum Gasteiger partial charge on any atom is 0.471 e. The van der Waals surface area contributed by atoms with Gasteiger partial charge in [-0.2, -0.15) is 18.2 Å². The monoisotopic (exact) mass is 574 g/mol. The van der Waals surface area contributed by atoms with E-state index in [1.165, 1.54) is 35.5 Å². The molecule has 9 nitrogen and oxygen atoms in total. The van der Waals surface area contributed by atoms with Crippen molar-refractivity contribution in [3.05, 3.63) is 60.0 Å². The van der Waals surface area contributed by atoms with Crippen molar-refractivity contribution in [1.82, 2.24) is 20.1 Å². The molecule has 0 unspecified atom stereocenters. The van der Waals surface area contributed by atoms with E-state index in [4.69, 9.17) is 0 Å². The predicted molar refractivity (Wildman–Crippen MR) is 136 cm³/mol. The van der Waals surface area contributed by atoms with Gasteiger partial charge in [0.05, 0.1) is 29.2 Å². The molecule has 41 heavy (non-hydrogen) atoms. The van der Waals surface area contributed by atoms with Gasteiger partial charge in [0.25, 0.3) is 0 Å². The molecule has 0 bridgehead atoms. The van der Waals surface area contributed by atoms with Crippen molar-refractivity contribution in [3.8, 4) is 11.1 Å². The first-order chi connectivity index (χ1) is 19.7. The van der Waals surface area contributed by atoms with Crippen LogP contribution in [0.15, 0.2) is 41.2 Å². The SMILES string of the molecule is O=C1CC[C@@H](CO)N1c1ccc(-c2ccc(F)c3c(N4CCC(c5noc(C(F)(F)F)n5)CC4)ncnc23)cc1F. The summed E-state index contributed by atoms with van der Waals surface area (Å²) >= 11 is 0. The second-order valence-electron chi connectivity index (χ2n) is 10.0. The molecule has 0 saturated carbocycles. The highest BCUT2D eigenvalue weighted by atomic mass is 19.4. The summed E-state index contributed by atoms with van der Waals surface area (Å²) in [7, 11) is 0. The third-order valence-corrected chi connectivity index (χ3v) is 7.62. The summed E-state index contributed by atoms with van der Waals surface area (Å²) < 4.78 is 73.4. The highest BCUT2D eigenvalue weighted by Gasteiger charge is 2.39. The molecule has 0 spiro atoms. The van der Waals surface area contributed by atoms with Gasteiger partial charge < -0.3 is 19.4 Å².